The van der Waals surface area contributed by atoms with Gasteiger partial charge >= 0.3 is 0 Å². The number of unbranched alkanes of at least 4 members (excludes halogenated alkanes) is 2. The number of rotatable bonds is 6. The average molecular weight is 364 g/mol. The van der Waals surface area contributed by atoms with Gasteiger partial charge in [-0.3, -0.25) is 4.79 Å². The number of hydrogen-bond donors (Lipinski definition) is 2. The molecule has 1 aromatic rings. The van der Waals surface area contributed by atoms with Gasteiger partial charge in [0.15, 0.2) is 0 Å². The molecular weight excluding hydrogens is 348 g/mol. The molecule has 1 aromatic carbocycles. The van der Waals surface area contributed by atoms with E-state index in [-0.39, 0.29) is 5.91 Å². The van der Waals surface area contributed by atoms with Gasteiger partial charge in [-0.25, -0.2) is 0 Å². The number of anilines is 1. The van der Waals surface area contributed by atoms with Gasteiger partial charge in [0, 0.05) is 15.4 Å². The van der Waals surface area contributed by atoms with Crippen molar-refractivity contribution in [1.29, 1.82) is 0 Å². The molecule has 1 amide bonds. The Bertz CT molecular complexity index is 363. The smallest absolute Gasteiger partial charge is 0.224 e. The minimum absolute atomic E-state index is 0.0367. The lowest BCUT2D eigenvalue weighted by Gasteiger charge is -2.09. The summed E-state index contributed by atoms with van der Waals surface area (Å²) in [7, 11) is 0. The van der Waals surface area contributed by atoms with Crippen LogP contribution in [-0.4, -0.2) is 12.5 Å². The number of hydrogen-bond acceptors (Lipinski definition) is 2. The fraction of sp³-hybridized carbons (Fsp3) is 0.417. The first kappa shape index (κ1) is 14.7. The number of nitrogens with two attached hydrogens (primary N) is 1. The monoisotopic (exact) mass is 362 g/mol. The minimum Gasteiger partial charge on any atom is -0.330 e. The molecule has 0 aliphatic carbocycles. The Kier molecular flexibility index (Phi) is 6.77. The van der Waals surface area contributed by atoms with E-state index in [0.717, 1.165) is 33.9 Å². The van der Waals surface area contributed by atoms with Crippen molar-refractivity contribution in [3.63, 3.8) is 0 Å². The van der Waals surface area contributed by atoms with E-state index in [1.54, 1.807) is 0 Å². The van der Waals surface area contributed by atoms with E-state index < -0.39 is 0 Å². The van der Waals surface area contributed by atoms with Crippen molar-refractivity contribution in [3.8, 4) is 0 Å². The van der Waals surface area contributed by atoms with Crippen LogP contribution in [0, 0.1) is 0 Å². The van der Waals surface area contributed by atoms with Gasteiger partial charge in [0.25, 0.3) is 0 Å². The quantitative estimate of drug-likeness (QED) is 0.757. The molecule has 17 heavy (non-hydrogen) atoms. The molecule has 0 heterocycles. The van der Waals surface area contributed by atoms with Crippen molar-refractivity contribution in [3.05, 3.63) is 27.1 Å². The lowest BCUT2D eigenvalue weighted by molar-refractivity contribution is -0.116. The van der Waals surface area contributed by atoms with Gasteiger partial charge in [-0.15, -0.1) is 0 Å². The second-order valence-corrected chi connectivity index (χ2v) is 5.45. The third-order valence-corrected chi connectivity index (χ3v) is 3.66. The molecule has 94 valence electrons. The van der Waals surface area contributed by atoms with Crippen LogP contribution < -0.4 is 11.1 Å². The van der Waals surface area contributed by atoms with Crippen LogP contribution in [0.4, 0.5) is 5.69 Å². The van der Waals surface area contributed by atoms with E-state index in [2.05, 4.69) is 37.2 Å². The van der Waals surface area contributed by atoms with Crippen molar-refractivity contribution < 1.29 is 4.79 Å². The average Bonchev–Trinajstić information content (AvgIpc) is 2.30. The van der Waals surface area contributed by atoms with Gasteiger partial charge in [0.1, 0.15) is 0 Å². The molecule has 0 bridgehead atoms. The Labute approximate surface area is 118 Å². The van der Waals surface area contributed by atoms with Crippen molar-refractivity contribution in [1.82, 2.24) is 0 Å². The summed E-state index contributed by atoms with van der Waals surface area (Å²) in [6, 6.07) is 5.70. The van der Waals surface area contributed by atoms with Crippen molar-refractivity contribution in [2.45, 2.75) is 25.7 Å². The lowest BCUT2D eigenvalue weighted by Crippen LogP contribution is -2.12. The van der Waals surface area contributed by atoms with Crippen LogP contribution in [-0.2, 0) is 4.79 Å². The summed E-state index contributed by atoms with van der Waals surface area (Å²) in [4.78, 5) is 11.7. The number of carbonyl (C=O) groups excluding carboxylic acids is 1. The van der Waals surface area contributed by atoms with Crippen LogP contribution in [0.1, 0.15) is 25.7 Å². The molecule has 0 spiro atoms. The molecule has 0 aliphatic rings. The second kappa shape index (κ2) is 7.84. The predicted molar refractivity (Wildman–Crippen MR) is 78.0 cm³/mol. The van der Waals surface area contributed by atoms with Gasteiger partial charge < -0.3 is 11.1 Å². The molecule has 1 rings (SSSR count). The van der Waals surface area contributed by atoms with E-state index in [4.69, 9.17) is 5.73 Å². The molecule has 0 aliphatic heterocycles. The Morgan fingerprint density at radius 3 is 2.41 bits per heavy atom. The van der Waals surface area contributed by atoms with Crippen LogP contribution in [0.25, 0.3) is 0 Å². The van der Waals surface area contributed by atoms with E-state index >= 15 is 0 Å². The topological polar surface area (TPSA) is 55.1 Å². The Morgan fingerprint density at radius 2 is 1.82 bits per heavy atom. The number of nitrogens with one attached hydrogen (secondary N) is 1. The predicted octanol–water partition coefficient (Wildman–Crippen LogP) is 3.67. The van der Waals surface area contributed by atoms with Gasteiger partial charge in [0.2, 0.25) is 5.91 Å². The normalized spacial score (nSPS) is 10.3. The lowest BCUT2D eigenvalue weighted by atomic mass is 10.2. The van der Waals surface area contributed by atoms with Crippen LogP contribution in [0.5, 0.6) is 0 Å². The molecule has 0 aromatic heterocycles. The first-order chi connectivity index (χ1) is 8.15. The summed E-state index contributed by atoms with van der Waals surface area (Å²) >= 11 is 6.81. The van der Waals surface area contributed by atoms with E-state index in [1.165, 1.54) is 0 Å². The maximum absolute atomic E-state index is 11.7. The van der Waals surface area contributed by atoms with Crippen molar-refractivity contribution >= 4 is 43.5 Å². The number of carbonyl (C=O) groups is 1. The fourth-order valence-corrected chi connectivity index (χ4v) is 2.62. The highest BCUT2D eigenvalue weighted by Gasteiger charge is 2.08. The number of benzene rings is 1. The summed E-state index contributed by atoms with van der Waals surface area (Å²) in [5, 5.41) is 2.89. The van der Waals surface area contributed by atoms with Crippen LogP contribution in [0.3, 0.4) is 0 Å². The van der Waals surface area contributed by atoms with Crippen LogP contribution in [0.2, 0.25) is 0 Å². The van der Waals surface area contributed by atoms with Gasteiger partial charge in [0.05, 0.1) is 5.69 Å². The zero-order valence-electron chi connectivity index (χ0n) is 9.51. The largest absolute Gasteiger partial charge is 0.330 e. The molecular formula is C12H16Br2N2O. The number of halogens is 2. The van der Waals surface area contributed by atoms with Gasteiger partial charge in [-0.05, 0) is 63.4 Å². The third-order valence-electron chi connectivity index (χ3n) is 2.34. The fourth-order valence-electron chi connectivity index (χ4n) is 1.43. The van der Waals surface area contributed by atoms with E-state index in [9.17, 15) is 4.79 Å². The first-order valence-corrected chi connectivity index (χ1v) is 7.17. The Balaban J connectivity index is 2.45. The zero-order chi connectivity index (χ0) is 12.7. The molecule has 0 saturated heterocycles. The van der Waals surface area contributed by atoms with E-state index in [1.807, 2.05) is 18.2 Å². The highest BCUT2D eigenvalue weighted by Crippen LogP contribution is 2.30. The molecule has 3 N–H and O–H groups in total. The third kappa shape index (κ3) is 5.19. The summed E-state index contributed by atoms with van der Waals surface area (Å²) in [5.41, 5.74) is 6.18. The second-order valence-electron chi connectivity index (χ2n) is 3.74. The molecule has 3 nitrogen and oxygen atoms in total. The minimum atomic E-state index is 0.0367. The number of amides is 1. The van der Waals surface area contributed by atoms with Gasteiger partial charge in [-0.2, -0.15) is 0 Å². The molecule has 0 saturated carbocycles. The van der Waals surface area contributed by atoms with Crippen LogP contribution >= 0.6 is 31.9 Å². The van der Waals surface area contributed by atoms with Crippen molar-refractivity contribution in [2.24, 2.45) is 5.73 Å². The first-order valence-electron chi connectivity index (χ1n) is 5.59. The maximum atomic E-state index is 11.7. The maximum Gasteiger partial charge on any atom is 0.224 e. The summed E-state index contributed by atoms with van der Waals surface area (Å²) in [6.07, 6.45) is 3.39. The van der Waals surface area contributed by atoms with Crippen molar-refractivity contribution in [2.75, 3.05) is 11.9 Å². The van der Waals surface area contributed by atoms with Crippen LogP contribution in [0.15, 0.2) is 27.1 Å². The molecule has 0 unspecified atom stereocenters. The summed E-state index contributed by atoms with van der Waals surface area (Å²) < 4.78 is 1.75. The standard InChI is InChI=1S/C12H16Br2N2O/c13-9-5-4-6-10(14)12(9)16-11(17)7-2-1-3-8-15/h4-6H,1-3,7-8,15H2,(H,16,17). The summed E-state index contributed by atoms with van der Waals surface area (Å²) in [6.45, 7) is 0.692. The SMILES string of the molecule is NCCCCCC(=O)Nc1c(Br)cccc1Br. The molecule has 0 fully saturated rings. The highest BCUT2D eigenvalue weighted by molar-refractivity contribution is 9.11. The highest BCUT2D eigenvalue weighted by atomic mass is 79.9. The molecule has 5 heteroatoms. The Hall–Kier alpha value is -0.390. The zero-order valence-corrected chi connectivity index (χ0v) is 12.7. The molecule has 0 atom stereocenters. The molecule has 0 radical (unpaired) electrons. The number of para-hydroxylation sites is 1. The van der Waals surface area contributed by atoms with E-state index in [0.29, 0.717) is 13.0 Å². The Morgan fingerprint density at radius 1 is 1.18 bits per heavy atom. The summed E-state index contributed by atoms with van der Waals surface area (Å²) in [5.74, 6) is 0.0367. The van der Waals surface area contributed by atoms with Gasteiger partial charge in [-0.1, -0.05) is 12.5 Å².